The third kappa shape index (κ3) is 5.03. The van der Waals surface area contributed by atoms with Gasteiger partial charge in [-0.05, 0) is 13.0 Å². The van der Waals surface area contributed by atoms with Gasteiger partial charge in [0.25, 0.3) is 0 Å². The smallest absolute Gasteiger partial charge is 0.348 e. The summed E-state index contributed by atoms with van der Waals surface area (Å²) in [7, 11) is 1.62. The standard InChI is InChI=1S/C12H19NO4S/c1-9-10(13)8-11(18-9)12(14)17-5-3-4-16-7-6-15-2/h8H,3-7,13H2,1-2H3. The van der Waals surface area contributed by atoms with Gasteiger partial charge in [-0.3, -0.25) is 0 Å². The van der Waals surface area contributed by atoms with E-state index < -0.39 is 0 Å². The summed E-state index contributed by atoms with van der Waals surface area (Å²) in [5.41, 5.74) is 6.31. The summed E-state index contributed by atoms with van der Waals surface area (Å²) in [5.74, 6) is -0.323. The van der Waals surface area contributed by atoms with Gasteiger partial charge >= 0.3 is 5.97 Å². The summed E-state index contributed by atoms with van der Waals surface area (Å²) in [6, 6.07) is 1.65. The summed E-state index contributed by atoms with van der Waals surface area (Å²) in [5, 5.41) is 0. The molecular weight excluding hydrogens is 254 g/mol. The van der Waals surface area contributed by atoms with Crippen LogP contribution in [-0.4, -0.2) is 39.5 Å². The Labute approximate surface area is 111 Å². The molecule has 0 radical (unpaired) electrons. The molecule has 0 aliphatic heterocycles. The third-order valence-corrected chi connectivity index (χ3v) is 3.30. The zero-order valence-electron chi connectivity index (χ0n) is 10.7. The summed E-state index contributed by atoms with van der Waals surface area (Å²) in [6.07, 6.45) is 0.676. The molecule has 102 valence electrons. The Morgan fingerprint density at radius 1 is 1.33 bits per heavy atom. The van der Waals surface area contributed by atoms with Crippen LogP contribution in [0.4, 0.5) is 5.69 Å². The number of carbonyl (C=O) groups excluding carboxylic acids is 1. The first-order valence-corrected chi connectivity index (χ1v) is 6.56. The third-order valence-electron chi connectivity index (χ3n) is 2.26. The number of nitrogen functional groups attached to an aromatic ring is 1. The molecule has 6 heteroatoms. The molecule has 0 spiro atoms. The van der Waals surface area contributed by atoms with Crippen LogP contribution in [0.3, 0.4) is 0 Å². The van der Waals surface area contributed by atoms with Crippen molar-refractivity contribution in [3.05, 3.63) is 15.8 Å². The van der Waals surface area contributed by atoms with Crippen molar-refractivity contribution in [1.82, 2.24) is 0 Å². The molecule has 0 atom stereocenters. The average Bonchev–Trinajstić information content (AvgIpc) is 2.68. The highest BCUT2D eigenvalue weighted by Crippen LogP contribution is 2.23. The Morgan fingerprint density at radius 2 is 2.11 bits per heavy atom. The first-order chi connectivity index (χ1) is 8.65. The molecule has 0 bridgehead atoms. The van der Waals surface area contributed by atoms with Crippen LogP contribution in [-0.2, 0) is 14.2 Å². The van der Waals surface area contributed by atoms with Crippen LogP contribution in [0.25, 0.3) is 0 Å². The maximum Gasteiger partial charge on any atom is 0.348 e. The van der Waals surface area contributed by atoms with Gasteiger partial charge in [-0.15, -0.1) is 11.3 Å². The van der Waals surface area contributed by atoms with Crippen LogP contribution in [0.2, 0.25) is 0 Å². The first-order valence-electron chi connectivity index (χ1n) is 5.75. The van der Waals surface area contributed by atoms with E-state index in [4.69, 9.17) is 19.9 Å². The number of thiophene rings is 1. The molecule has 0 unspecified atom stereocenters. The van der Waals surface area contributed by atoms with Crippen LogP contribution in [0.5, 0.6) is 0 Å². The van der Waals surface area contributed by atoms with Gasteiger partial charge in [-0.2, -0.15) is 0 Å². The summed E-state index contributed by atoms with van der Waals surface area (Å²) in [6.45, 7) is 3.92. The Morgan fingerprint density at radius 3 is 2.72 bits per heavy atom. The molecule has 0 aliphatic carbocycles. The molecular formula is C12H19NO4S. The van der Waals surface area contributed by atoms with Crippen molar-refractivity contribution in [2.75, 3.05) is 39.3 Å². The van der Waals surface area contributed by atoms with Crippen LogP contribution >= 0.6 is 11.3 Å². The van der Waals surface area contributed by atoms with Crippen LogP contribution < -0.4 is 5.73 Å². The minimum atomic E-state index is -0.323. The second-order valence-corrected chi connectivity index (χ2v) is 4.97. The van der Waals surface area contributed by atoms with Crippen LogP contribution in [0, 0.1) is 6.92 Å². The zero-order chi connectivity index (χ0) is 13.4. The number of anilines is 1. The Hall–Kier alpha value is -1.11. The number of esters is 1. The molecule has 5 nitrogen and oxygen atoms in total. The van der Waals surface area contributed by atoms with Crippen molar-refractivity contribution in [3.63, 3.8) is 0 Å². The quantitative estimate of drug-likeness (QED) is 0.578. The maximum absolute atomic E-state index is 11.6. The van der Waals surface area contributed by atoms with Gasteiger partial charge in [-0.25, -0.2) is 4.79 Å². The number of rotatable bonds is 8. The van der Waals surface area contributed by atoms with E-state index in [1.807, 2.05) is 6.92 Å². The lowest BCUT2D eigenvalue weighted by molar-refractivity contribution is 0.0390. The molecule has 0 saturated carbocycles. The number of carbonyl (C=O) groups is 1. The first kappa shape index (κ1) is 14.9. The predicted octanol–water partition coefficient (Wildman–Crippen LogP) is 1.85. The predicted molar refractivity (Wildman–Crippen MR) is 71.1 cm³/mol. The van der Waals surface area contributed by atoms with Crippen molar-refractivity contribution in [1.29, 1.82) is 0 Å². The van der Waals surface area contributed by atoms with Gasteiger partial charge in [0.2, 0.25) is 0 Å². The molecule has 2 N–H and O–H groups in total. The number of ether oxygens (including phenoxy) is 3. The van der Waals surface area contributed by atoms with E-state index in [2.05, 4.69) is 0 Å². The van der Waals surface area contributed by atoms with Gasteiger partial charge in [0, 0.05) is 30.7 Å². The topological polar surface area (TPSA) is 70.8 Å². The van der Waals surface area contributed by atoms with Crippen molar-refractivity contribution in [3.8, 4) is 0 Å². The van der Waals surface area contributed by atoms with Crippen LogP contribution in [0.15, 0.2) is 6.07 Å². The van der Waals surface area contributed by atoms with E-state index in [1.54, 1.807) is 13.2 Å². The lowest BCUT2D eigenvalue weighted by Gasteiger charge is -2.04. The average molecular weight is 273 g/mol. The molecule has 1 aromatic rings. The fourth-order valence-corrected chi connectivity index (χ4v) is 2.07. The molecule has 0 fully saturated rings. The highest BCUT2D eigenvalue weighted by atomic mass is 32.1. The highest BCUT2D eigenvalue weighted by Gasteiger charge is 2.11. The number of hydrogen-bond acceptors (Lipinski definition) is 6. The summed E-state index contributed by atoms with van der Waals surface area (Å²) < 4.78 is 15.2. The van der Waals surface area contributed by atoms with E-state index in [-0.39, 0.29) is 5.97 Å². The van der Waals surface area contributed by atoms with Crippen molar-refractivity contribution in [2.24, 2.45) is 0 Å². The van der Waals surface area contributed by atoms with Gasteiger partial charge in [0.1, 0.15) is 4.88 Å². The molecule has 1 heterocycles. The minimum Gasteiger partial charge on any atom is -0.461 e. The fourth-order valence-electron chi connectivity index (χ4n) is 1.24. The van der Waals surface area contributed by atoms with Crippen molar-refractivity contribution >= 4 is 23.0 Å². The Balaban J connectivity index is 2.14. The van der Waals surface area contributed by atoms with E-state index in [0.29, 0.717) is 43.4 Å². The molecule has 0 amide bonds. The molecule has 1 rings (SSSR count). The Bertz CT molecular complexity index is 359. The second-order valence-electron chi connectivity index (χ2n) is 3.72. The SMILES string of the molecule is COCCOCCCOC(=O)c1cc(N)c(C)s1. The number of methoxy groups -OCH3 is 1. The van der Waals surface area contributed by atoms with E-state index in [0.717, 1.165) is 4.88 Å². The number of hydrogen-bond donors (Lipinski definition) is 1. The Kier molecular flexibility index (Phi) is 6.70. The molecule has 18 heavy (non-hydrogen) atoms. The number of aryl methyl sites for hydroxylation is 1. The van der Waals surface area contributed by atoms with Crippen LogP contribution in [0.1, 0.15) is 21.0 Å². The highest BCUT2D eigenvalue weighted by molar-refractivity contribution is 7.14. The van der Waals surface area contributed by atoms with Crippen molar-refractivity contribution < 1.29 is 19.0 Å². The van der Waals surface area contributed by atoms with Gasteiger partial charge in [0.15, 0.2) is 0 Å². The molecule has 0 aromatic carbocycles. The maximum atomic E-state index is 11.6. The summed E-state index contributed by atoms with van der Waals surface area (Å²) in [4.78, 5) is 13.1. The zero-order valence-corrected chi connectivity index (χ0v) is 11.5. The summed E-state index contributed by atoms with van der Waals surface area (Å²) >= 11 is 1.35. The lowest BCUT2D eigenvalue weighted by Crippen LogP contribution is -2.08. The molecule has 0 aliphatic rings. The molecule has 0 saturated heterocycles. The van der Waals surface area contributed by atoms with E-state index in [1.165, 1.54) is 11.3 Å². The molecule has 1 aromatic heterocycles. The lowest BCUT2D eigenvalue weighted by atomic mass is 10.4. The monoisotopic (exact) mass is 273 g/mol. The minimum absolute atomic E-state index is 0.323. The second kappa shape index (κ2) is 8.07. The number of nitrogens with two attached hydrogens (primary N) is 1. The fraction of sp³-hybridized carbons (Fsp3) is 0.583. The normalized spacial score (nSPS) is 10.6. The van der Waals surface area contributed by atoms with Gasteiger partial charge in [0.05, 0.1) is 19.8 Å². The largest absolute Gasteiger partial charge is 0.461 e. The van der Waals surface area contributed by atoms with E-state index >= 15 is 0 Å². The van der Waals surface area contributed by atoms with E-state index in [9.17, 15) is 4.79 Å². The van der Waals surface area contributed by atoms with Gasteiger partial charge in [-0.1, -0.05) is 0 Å². The van der Waals surface area contributed by atoms with Gasteiger partial charge < -0.3 is 19.9 Å². The van der Waals surface area contributed by atoms with Crippen molar-refractivity contribution in [2.45, 2.75) is 13.3 Å².